The summed E-state index contributed by atoms with van der Waals surface area (Å²) in [6, 6.07) is 11.3. The van der Waals surface area contributed by atoms with E-state index in [0.717, 1.165) is 12.1 Å². The smallest absolute Gasteiger partial charge is 0.419 e. The van der Waals surface area contributed by atoms with Crippen molar-refractivity contribution in [3.63, 3.8) is 0 Å². The van der Waals surface area contributed by atoms with Gasteiger partial charge in [-0.05, 0) is 48.5 Å². The van der Waals surface area contributed by atoms with Gasteiger partial charge in [-0.15, -0.1) is 23.4 Å². The van der Waals surface area contributed by atoms with Crippen molar-refractivity contribution in [3.8, 4) is 17.2 Å². The molecule has 27 heavy (non-hydrogen) atoms. The highest BCUT2D eigenvalue weighted by atomic mass is 35.5. The van der Waals surface area contributed by atoms with Crippen LogP contribution >= 0.6 is 11.6 Å². The maximum Gasteiger partial charge on any atom is 0.573 e. The van der Waals surface area contributed by atoms with Crippen molar-refractivity contribution in [1.82, 2.24) is 15.5 Å². The molecule has 0 unspecified atom stereocenters. The number of alkyl halides is 3. The normalized spacial score (nSPS) is 11.3. The minimum atomic E-state index is -4.76. The Hall–Kier alpha value is -3.07. The molecule has 0 fully saturated rings. The van der Waals surface area contributed by atoms with Crippen LogP contribution in [0.4, 0.5) is 13.2 Å². The average molecular weight is 398 g/mol. The maximum atomic E-state index is 12.2. The summed E-state index contributed by atoms with van der Waals surface area (Å²) in [4.78, 5) is 12.0. The number of benzene rings is 2. The number of hydrogen-bond donors (Lipinski definition) is 1. The highest BCUT2D eigenvalue weighted by Gasteiger charge is 2.31. The quantitative estimate of drug-likeness (QED) is 0.697. The number of carbonyl (C=O) groups excluding carboxylic acids is 1. The van der Waals surface area contributed by atoms with Crippen molar-refractivity contribution in [2.24, 2.45) is 0 Å². The van der Waals surface area contributed by atoms with Crippen molar-refractivity contribution in [2.45, 2.75) is 12.9 Å². The molecule has 140 valence electrons. The Morgan fingerprint density at radius 3 is 2.37 bits per heavy atom. The van der Waals surface area contributed by atoms with Crippen LogP contribution in [0.2, 0.25) is 5.02 Å². The van der Waals surface area contributed by atoms with Crippen molar-refractivity contribution >= 4 is 17.5 Å². The van der Waals surface area contributed by atoms with Gasteiger partial charge in [0.15, 0.2) is 0 Å². The fraction of sp³-hybridized carbons (Fsp3) is 0.118. The fourth-order valence-corrected chi connectivity index (χ4v) is 2.23. The summed E-state index contributed by atoms with van der Waals surface area (Å²) in [5.41, 5.74) is 0.826. The van der Waals surface area contributed by atoms with Crippen molar-refractivity contribution in [2.75, 3.05) is 0 Å². The highest BCUT2D eigenvalue weighted by molar-refractivity contribution is 6.30. The summed E-state index contributed by atoms with van der Waals surface area (Å²) in [6.45, 7) is -0.0102. The number of rotatable bonds is 5. The van der Waals surface area contributed by atoms with Crippen LogP contribution < -0.4 is 10.1 Å². The van der Waals surface area contributed by atoms with Gasteiger partial charge in [0, 0.05) is 16.1 Å². The van der Waals surface area contributed by atoms with Crippen LogP contribution in [0.5, 0.6) is 5.75 Å². The van der Waals surface area contributed by atoms with Crippen molar-refractivity contribution < 1.29 is 27.1 Å². The Morgan fingerprint density at radius 2 is 1.74 bits per heavy atom. The van der Waals surface area contributed by atoms with Gasteiger partial charge < -0.3 is 14.5 Å². The standard InChI is InChI=1S/C17H11ClF3N3O3/c18-12-5-1-10(2-6-12)15(25)22-9-14-23-24-16(26-14)11-3-7-13(8-4-11)27-17(19,20)21/h1-8H,9H2,(H,22,25). The number of amides is 1. The zero-order chi connectivity index (χ0) is 19.4. The van der Waals surface area contributed by atoms with Crippen LogP contribution in [0.25, 0.3) is 11.5 Å². The van der Waals surface area contributed by atoms with Gasteiger partial charge in [0.05, 0.1) is 6.54 Å². The number of nitrogens with zero attached hydrogens (tertiary/aromatic N) is 2. The highest BCUT2D eigenvalue weighted by Crippen LogP contribution is 2.26. The molecule has 2 aromatic carbocycles. The van der Waals surface area contributed by atoms with E-state index < -0.39 is 6.36 Å². The SMILES string of the molecule is O=C(NCc1nnc(-c2ccc(OC(F)(F)F)cc2)o1)c1ccc(Cl)cc1. The minimum absolute atomic E-state index is 0.0102. The first-order valence-corrected chi connectivity index (χ1v) is 7.90. The topological polar surface area (TPSA) is 77.2 Å². The molecule has 0 radical (unpaired) electrons. The van der Waals surface area contributed by atoms with E-state index >= 15 is 0 Å². The van der Waals surface area contributed by atoms with E-state index in [1.54, 1.807) is 24.3 Å². The molecule has 3 aromatic rings. The number of carbonyl (C=O) groups is 1. The maximum absolute atomic E-state index is 12.2. The van der Waals surface area contributed by atoms with E-state index in [9.17, 15) is 18.0 Å². The second kappa shape index (κ2) is 7.67. The van der Waals surface area contributed by atoms with Gasteiger partial charge in [-0.1, -0.05) is 11.6 Å². The lowest BCUT2D eigenvalue weighted by Crippen LogP contribution is -2.22. The Balaban J connectivity index is 1.61. The van der Waals surface area contributed by atoms with Crippen LogP contribution in [-0.4, -0.2) is 22.5 Å². The van der Waals surface area contributed by atoms with E-state index in [-0.39, 0.29) is 30.0 Å². The van der Waals surface area contributed by atoms with E-state index in [0.29, 0.717) is 16.1 Å². The summed E-state index contributed by atoms with van der Waals surface area (Å²) in [6.07, 6.45) is -4.76. The van der Waals surface area contributed by atoms with Crippen LogP contribution in [-0.2, 0) is 6.54 Å². The molecule has 10 heteroatoms. The molecule has 1 N–H and O–H groups in total. The molecule has 0 spiro atoms. The zero-order valence-electron chi connectivity index (χ0n) is 13.5. The molecule has 0 saturated heterocycles. The van der Waals surface area contributed by atoms with Crippen LogP contribution in [0.15, 0.2) is 52.9 Å². The lowest BCUT2D eigenvalue weighted by atomic mass is 10.2. The molecule has 0 saturated carbocycles. The number of nitrogens with one attached hydrogen (secondary N) is 1. The lowest BCUT2D eigenvalue weighted by molar-refractivity contribution is -0.274. The molecular weight excluding hydrogens is 387 g/mol. The first kappa shape index (κ1) is 18.7. The summed E-state index contributed by atoms with van der Waals surface area (Å²) in [5, 5.41) is 10.7. The van der Waals surface area contributed by atoms with E-state index in [2.05, 4.69) is 20.3 Å². The van der Waals surface area contributed by atoms with Gasteiger partial charge in [-0.2, -0.15) is 0 Å². The van der Waals surface area contributed by atoms with Gasteiger partial charge in [-0.25, -0.2) is 0 Å². The zero-order valence-corrected chi connectivity index (χ0v) is 14.2. The van der Waals surface area contributed by atoms with E-state index in [4.69, 9.17) is 16.0 Å². The van der Waals surface area contributed by atoms with Gasteiger partial charge >= 0.3 is 6.36 Å². The van der Waals surface area contributed by atoms with Crippen LogP contribution in [0.3, 0.4) is 0 Å². The predicted molar refractivity (Wildman–Crippen MR) is 89.0 cm³/mol. The molecule has 0 aliphatic rings. The Morgan fingerprint density at radius 1 is 1.07 bits per heavy atom. The molecule has 0 aliphatic heterocycles. The number of ether oxygens (including phenoxy) is 1. The number of hydrogen-bond acceptors (Lipinski definition) is 5. The third-order valence-electron chi connectivity index (χ3n) is 3.31. The number of halogens is 4. The predicted octanol–water partition coefficient (Wildman–Crippen LogP) is 4.22. The van der Waals surface area contributed by atoms with Crippen molar-refractivity contribution in [3.05, 3.63) is 65.0 Å². The van der Waals surface area contributed by atoms with Crippen LogP contribution in [0, 0.1) is 0 Å². The summed E-state index contributed by atoms with van der Waals surface area (Å²) >= 11 is 5.76. The fourth-order valence-electron chi connectivity index (χ4n) is 2.10. The van der Waals surface area contributed by atoms with Gasteiger partial charge in [0.25, 0.3) is 5.91 Å². The third kappa shape index (κ3) is 5.20. The Bertz CT molecular complexity index is 925. The molecule has 1 amide bonds. The summed E-state index contributed by atoms with van der Waals surface area (Å²) < 4.78 is 45.7. The molecular formula is C17H11ClF3N3O3. The largest absolute Gasteiger partial charge is 0.573 e. The molecule has 0 bridgehead atoms. The Labute approximate surface area is 155 Å². The van der Waals surface area contributed by atoms with Gasteiger partial charge in [0.2, 0.25) is 11.8 Å². The van der Waals surface area contributed by atoms with Crippen molar-refractivity contribution in [1.29, 1.82) is 0 Å². The first-order valence-electron chi connectivity index (χ1n) is 7.52. The summed E-state index contributed by atoms with van der Waals surface area (Å²) in [7, 11) is 0. The van der Waals surface area contributed by atoms with Gasteiger partial charge in [-0.3, -0.25) is 4.79 Å². The summed E-state index contributed by atoms with van der Waals surface area (Å²) in [5.74, 6) is -0.464. The molecule has 0 aliphatic carbocycles. The van der Waals surface area contributed by atoms with E-state index in [1.165, 1.54) is 12.1 Å². The second-order valence-corrected chi connectivity index (χ2v) is 5.70. The minimum Gasteiger partial charge on any atom is -0.419 e. The second-order valence-electron chi connectivity index (χ2n) is 5.26. The molecule has 6 nitrogen and oxygen atoms in total. The molecule has 0 atom stereocenters. The first-order chi connectivity index (χ1) is 12.8. The molecule has 1 aromatic heterocycles. The van der Waals surface area contributed by atoms with Crippen LogP contribution in [0.1, 0.15) is 16.2 Å². The third-order valence-corrected chi connectivity index (χ3v) is 3.56. The molecule has 1 heterocycles. The van der Waals surface area contributed by atoms with Gasteiger partial charge in [0.1, 0.15) is 5.75 Å². The van der Waals surface area contributed by atoms with E-state index in [1.807, 2.05) is 0 Å². The monoisotopic (exact) mass is 397 g/mol. The Kier molecular flexibility index (Phi) is 5.31. The average Bonchev–Trinajstić information content (AvgIpc) is 3.08. The lowest BCUT2D eigenvalue weighted by Gasteiger charge is -2.08. The number of aromatic nitrogens is 2. The molecule has 3 rings (SSSR count).